The molecule has 0 heterocycles. The van der Waals surface area contributed by atoms with Crippen molar-refractivity contribution >= 4 is 39.5 Å². The summed E-state index contributed by atoms with van der Waals surface area (Å²) in [6.45, 7) is 7.15. The molecule has 0 saturated carbocycles. The third-order valence-corrected chi connectivity index (χ3v) is 18.7. The monoisotopic (exact) mass is 1340 g/mol. The molecule has 3 N–H and O–H groups in total. The van der Waals surface area contributed by atoms with Gasteiger partial charge >= 0.3 is 39.5 Å². The molecule has 0 fully saturated rings. The second-order valence-electron chi connectivity index (χ2n) is 26.5. The molecule has 0 spiro atoms. The number of hydrogen-bond donors (Lipinski definition) is 3. The van der Waals surface area contributed by atoms with Gasteiger partial charge in [0.05, 0.1) is 26.4 Å². The lowest BCUT2D eigenvalue weighted by Crippen LogP contribution is -2.30. The number of carbonyl (C=O) groups excluding carboxylic acids is 4. The average Bonchev–Trinajstić information content (AvgIpc) is 3.68. The second kappa shape index (κ2) is 65.4. The van der Waals surface area contributed by atoms with Gasteiger partial charge in [-0.2, -0.15) is 0 Å². The fraction of sp³-hybridized carbons (Fsp3) is 0.944. The van der Waals surface area contributed by atoms with Gasteiger partial charge in [-0.3, -0.25) is 37.3 Å². The number of esters is 4. The van der Waals surface area contributed by atoms with Crippen molar-refractivity contribution in [3.8, 4) is 0 Å². The van der Waals surface area contributed by atoms with Crippen LogP contribution in [0.5, 0.6) is 0 Å². The lowest BCUT2D eigenvalue weighted by Gasteiger charge is -2.21. The van der Waals surface area contributed by atoms with Crippen LogP contribution in [0.3, 0.4) is 0 Å². The Morgan fingerprint density at radius 2 is 0.505 bits per heavy atom. The fourth-order valence-electron chi connectivity index (χ4n) is 11.0. The maximum absolute atomic E-state index is 13.0. The van der Waals surface area contributed by atoms with Crippen molar-refractivity contribution in [1.82, 2.24) is 0 Å². The third kappa shape index (κ3) is 66.5. The van der Waals surface area contributed by atoms with Crippen molar-refractivity contribution in [1.29, 1.82) is 0 Å². The summed E-state index contributed by atoms with van der Waals surface area (Å²) in [4.78, 5) is 72.5. The van der Waals surface area contributed by atoms with E-state index in [1.54, 1.807) is 0 Å². The SMILES string of the molecule is CCCCCCCCCCCCCCCCCCCCCC(=O)O[C@H](COC(=O)CCCCCCCCCCCCCCCC)COP(=O)(O)OC[C@@H](O)COP(=O)(O)OC[C@@H](COC(=O)CCCCCCCCCCC)OC(=O)CCCCCCCCC(C)C. The minimum atomic E-state index is -4.95. The Labute approximate surface area is 556 Å². The summed E-state index contributed by atoms with van der Waals surface area (Å²) < 4.78 is 68.3. The van der Waals surface area contributed by atoms with E-state index in [1.807, 2.05) is 0 Å². The lowest BCUT2D eigenvalue weighted by atomic mass is 10.0. The zero-order chi connectivity index (χ0) is 67.0. The molecule has 17 nitrogen and oxygen atoms in total. The van der Waals surface area contributed by atoms with Crippen molar-refractivity contribution in [3.63, 3.8) is 0 Å². The first-order valence-electron chi connectivity index (χ1n) is 37.6. The Morgan fingerprint density at radius 3 is 0.747 bits per heavy atom. The Kier molecular flexibility index (Phi) is 64.0. The first kappa shape index (κ1) is 89.1. The van der Waals surface area contributed by atoms with Gasteiger partial charge in [-0.05, 0) is 31.6 Å². The molecule has 2 unspecified atom stereocenters. The standard InChI is InChI=1S/C72H140O17P2/c1-6-9-12-15-18-21-23-25-27-28-29-30-31-33-35-38-41-47-52-57-71(76)88-67(61-83-70(75)56-51-46-40-37-34-32-26-24-22-19-16-13-10-7-2)63-86-90(78,79)84-59-66(73)60-85-91(80,81)87-64-68(89-72(77)58-53-48-43-42-44-49-54-65(4)5)62-82-69(74)55-50-45-39-36-20-17-14-11-8-3/h65-68,73H,6-64H2,1-5H3,(H,78,79)(H,80,81)/t66-,67-,68-/m1/s1. The summed E-state index contributed by atoms with van der Waals surface area (Å²) in [6.07, 6.45) is 53.0. The number of aliphatic hydroxyl groups excluding tert-OH is 1. The maximum Gasteiger partial charge on any atom is 0.472 e. The minimum absolute atomic E-state index is 0.102. The first-order chi connectivity index (χ1) is 44.0. The average molecular weight is 1340 g/mol. The van der Waals surface area contributed by atoms with E-state index in [0.29, 0.717) is 31.6 Å². The van der Waals surface area contributed by atoms with Crippen LogP contribution in [0, 0.1) is 5.92 Å². The van der Waals surface area contributed by atoms with Gasteiger partial charge < -0.3 is 33.8 Å². The maximum atomic E-state index is 13.0. The summed E-state index contributed by atoms with van der Waals surface area (Å²) in [7, 11) is -9.90. The van der Waals surface area contributed by atoms with Crippen LogP contribution < -0.4 is 0 Å². The van der Waals surface area contributed by atoms with Crippen molar-refractivity contribution < 1.29 is 80.2 Å². The Hall–Kier alpha value is -1.94. The quantitative estimate of drug-likeness (QED) is 0.0222. The second-order valence-corrected chi connectivity index (χ2v) is 29.4. The normalized spacial score (nSPS) is 14.0. The van der Waals surface area contributed by atoms with Crippen molar-refractivity contribution in [2.24, 2.45) is 5.92 Å². The predicted octanol–water partition coefficient (Wildman–Crippen LogP) is 20.9. The first-order valence-corrected chi connectivity index (χ1v) is 40.6. The van der Waals surface area contributed by atoms with Crippen LogP contribution in [-0.2, 0) is 65.4 Å². The van der Waals surface area contributed by atoms with Gasteiger partial charge in [0.25, 0.3) is 0 Å². The molecule has 0 amide bonds. The van der Waals surface area contributed by atoms with E-state index < -0.39 is 97.5 Å². The van der Waals surface area contributed by atoms with Crippen molar-refractivity contribution in [2.75, 3.05) is 39.6 Å². The summed E-state index contributed by atoms with van der Waals surface area (Å²) >= 11 is 0. The highest BCUT2D eigenvalue weighted by Gasteiger charge is 2.30. The summed E-state index contributed by atoms with van der Waals surface area (Å²) in [6, 6.07) is 0. The van der Waals surface area contributed by atoms with Gasteiger partial charge in [0.1, 0.15) is 19.3 Å². The molecule has 19 heteroatoms. The van der Waals surface area contributed by atoms with E-state index >= 15 is 0 Å². The van der Waals surface area contributed by atoms with E-state index in [2.05, 4.69) is 34.6 Å². The third-order valence-electron chi connectivity index (χ3n) is 16.8. The van der Waals surface area contributed by atoms with Crippen LogP contribution in [0.15, 0.2) is 0 Å². The molecule has 91 heavy (non-hydrogen) atoms. The molecule has 0 aliphatic carbocycles. The minimum Gasteiger partial charge on any atom is -0.462 e. The number of carbonyl (C=O) groups is 4. The molecule has 0 saturated heterocycles. The number of phosphoric ester groups is 2. The topological polar surface area (TPSA) is 237 Å². The van der Waals surface area contributed by atoms with Gasteiger partial charge in [0.15, 0.2) is 12.2 Å². The molecule has 540 valence electrons. The number of rotatable bonds is 72. The predicted molar refractivity (Wildman–Crippen MR) is 368 cm³/mol. The summed E-state index contributed by atoms with van der Waals surface area (Å²) in [5, 5.41) is 10.6. The lowest BCUT2D eigenvalue weighted by molar-refractivity contribution is -0.161. The molecule has 0 aromatic heterocycles. The van der Waals surface area contributed by atoms with E-state index in [-0.39, 0.29) is 25.7 Å². The molecular formula is C72H140O17P2. The van der Waals surface area contributed by atoms with E-state index in [0.717, 1.165) is 89.9 Å². The Morgan fingerprint density at radius 1 is 0.297 bits per heavy atom. The highest BCUT2D eigenvalue weighted by molar-refractivity contribution is 7.47. The van der Waals surface area contributed by atoms with Gasteiger partial charge in [0, 0.05) is 25.7 Å². The number of phosphoric acid groups is 2. The smallest absolute Gasteiger partial charge is 0.462 e. The highest BCUT2D eigenvalue weighted by Crippen LogP contribution is 2.45. The van der Waals surface area contributed by atoms with Crippen LogP contribution in [-0.4, -0.2) is 96.7 Å². The van der Waals surface area contributed by atoms with Crippen LogP contribution in [0.2, 0.25) is 0 Å². The molecule has 0 aliphatic heterocycles. The summed E-state index contributed by atoms with van der Waals surface area (Å²) in [5.74, 6) is -1.46. The van der Waals surface area contributed by atoms with Gasteiger partial charge in [-0.25, -0.2) is 9.13 Å². The molecule has 0 rings (SSSR count). The molecule has 5 atom stereocenters. The number of hydrogen-bond acceptors (Lipinski definition) is 15. The van der Waals surface area contributed by atoms with Gasteiger partial charge in [0.2, 0.25) is 0 Å². The Balaban J connectivity index is 5.19. The van der Waals surface area contributed by atoms with Crippen molar-refractivity contribution in [3.05, 3.63) is 0 Å². The van der Waals surface area contributed by atoms with Crippen LogP contribution in [0.4, 0.5) is 0 Å². The number of aliphatic hydroxyl groups is 1. The van der Waals surface area contributed by atoms with Gasteiger partial charge in [-0.1, -0.05) is 324 Å². The zero-order valence-electron chi connectivity index (χ0n) is 59.0. The molecule has 0 aromatic rings. The van der Waals surface area contributed by atoms with Crippen LogP contribution in [0.1, 0.15) is 375 Å². The highest BCUT2D eigenvalue weighted by atomic mass is 31.2. The Bertz CT molecular complexity index is 1750. The van der Waals surface area contributed by atoms with Crippen LogP contribution >= 0.6 is 15.6 Å². The molecule has 0 aromatic carbocycles. The van der Waals surface area contributed by atoms with E-state index in [4.69, 9.17) is 37.0 Å². The van der Waals surface area contributed by atoms with Crippen LogP contribution in [0.25, 0.3) is 0 Å². The molecular weight excluding hydrogens is 1200 g/mol. The van der Waals surface area contributed by atoms with E-state index in [9.17, 15) is 43.2 Å². The summed E-state index contributed by atoms with van der Waals surface area (Å²) in [5.41, 5.74) is 0. The van der Waals surface area contributed by atoms with E-state index in [1.165, 1.54) is 199 Å². The zero-order valence-corrected chi connectivity index (χ0v) is 60.8. The molecule has 0 aliphatic rings. The fourth-order valence-corrected chi connectivity index (χ4v) is 12.6. The molecule has 0 bridgehead atoms. The number of ether oxygens (including phenoxy) is 4. The van der Waals surface area contributed by atoms with Gasteiger partial charge in [-0.15, -0.1) is 0 Å². The number of unbranched alkanes of at least 4 members (excludes halogenated alkanes) is 44. The molecule has 0 radical (unpaired) electrons. The van der Waals surface area contributed by atoms with Crippen molar-refractivity contribution in [2.45, 2.75) is 393 Å². The largest absolute Gasteiger partial charge is 0.472 e.